The second-order valence-electron chi connectivity index (χ2n) is 7.94. The molecule has 2 aliphatic rings. The van der Waals surface area contributed by atoms with Gasteiger partial charge in [0.25, 0.3) is 5.91 Å². The third-order valence-electron chi connectivity index (χ3n) is 5.74. The van der Waals surface area contributed by atoms with Crippen LogP contribution in [0.25, 0.3) is 0 Å². The van der Waals surface area contributed by atoms with E-state index in [2.05, 4.69) is 22.2 Å². The number of hydrogen-bond acceptors (Lipinski definition) is 5. The van der Waals surface area contributed by atoms with Crippen LogP contribution in [0, 0.1) is 0 Å². The summed E-state index contributed by atoms with van der Waals surface area (Å²) in [7, 11) is -1.17. The summed E-state index contributed by atoms with van der Waals surface area (Å²) >= 11 is 0. The summed E-state index contributed by atoms with van der Waals surface area (Å²) in [4.78, 5) is 17.4. The predicted molar refractivity (Wildman–Crippen MR) is 121 cm³/mol. The third-order valence-corrected chi connectivity index (χ3v) is 7.61. The Morgan fingerprint density at radius 3 is 2.33 bits per heavy atom. The number of amides is 1. The van der Waals surface area contributed by atoms with E-state index in [1.54, 1.807) is 24.3 Å². The minimum atomic E-state index is -3.30. The molecule has 1 N–H and O–H groups in total. The molecule has 8 heteroatoms. The third kappa shape index (κ3) is 4.60. The molecule has 0 bridgehead atoms. The zero-order valence-corrected chi connectivity index (χ0v) is 18.1. The van der Waals surface area contributed by atoms with Gasteiger partial charge >= 0.3 is 0 Å². The van der Waals surface area contributed by atoms with E-state index in [4.69, 9.17) is 0 Å². The highest BCUT2D eigenvalue weighted by Gasteiger charge is 2.26. The lowest BCUT2D eigenvalue weighted by Gasteiger charge is -2.34. The minimum absolute atomic E-state index is 0.156. The van der Waals surface area contributed by atoms with Gasteiger partial charge in [0, 0.05) is 49.7 Å². The summed E-state index contributed by atoms with van der Waals surface area (Å²) in [5.74, 6) is -0.0955. The van der Waals surface area contributed by atoms with Crippen molar-refractivity contribution in [2.24, 2.45) is 0 Å². The largest absolute Gasteiger partial charge is 0.369 e. The van der Waals surface area contributed by atoms with Crippen molar-refractivity contribution in [2.45, 2.75) is 12.8 Å². The van der Waals surface area contributed by atoms with Crippen LogP contribution in [0.3, 0.4) is 0 Å². The number of piperazine rings is 1. The van der Waals surface area contributed by atoms with Gasteiger partial charge < -0.3 is 15.1 Å². The number of hydrogen-bond donors (Lipinski definition) is 1. The Bertz CT molecular complexity index is 999. The molecule has 0 aliphatic carbocycles. The van der Waals surface area contributed by atoms with E-state index in [0.717, 1.165) is 38.3 Å². The Balaban J connectivity index is 1.44. The summed E-state index contributed by atoms with van der Waals surface area (Å²) in [6.07, 6.45) is 1.51. The van der Waals surface area contributed by atoms with Crippen LogP contribution < -0.4 is 14.5 Å². The van der Waals surface area contributed by atoms with Crippen LogP contribution in [0.15, 0.2) is 48.5 Å². The molecule has 0 spiro atoms. The molecule has 2 aromatic carbocycles. The summed E-state index contributed by atoms with van der Waals surface area (Å²) in [6.45, 7) is 4.53. The van der Waals surface area contributed by atoms with Crippen molar-refractivity contribution in [3.05, 3.63) is 54.1 Å². The van der Waals surface area contributed by atoms with Crippen LogP contribution in [0.5, 0.6) is 0 Å². The number of carbonyl (C=O) groups excluding carboxylic acids is 1. The van der Waals surface area contributed by atoms with E-state index in [0.29, 0.717) is 29.9 Å². The van der Waals surface area contributed by atoms with E-state index in [1.165, 1.54) is 4.31 Å². The molecule has 2 aromatic rings. The molecule has 0 aromatic heterocycles. The fourth-order valence-corrected chi connectivity index (χ4v) is 5.54. The van der Waals surface area contributed by atoms with Crippen molar-refractivity contribution >= 4 is 33.0 Å². The number of benzene rings is 2. The molecule has 0 saturated carbocycles. The van der Waals surface area contributed by atoms with Crippen LogP contribution >= 0.6 is 0 Å². The van der Waals surface area contributed by atoms with Gasteiger partial charge in [-0.3, -0.25) is 9.10 Å². The highest BCUT2D eigenvalue weighted by Crippen LogP contribution is 2.25. The van der Waals surface area contributed by atoms with E-state index in [9.17, 15) is 13.2 Å². The van der Waals surface area contributed by atoms with Crippen molar-refractivity contribution in [2.75, 3.05) is 60.0 Å². The Morgan fingerprint density at radius 2 is 1.63 bits per heavy atom. The smallest absolute Gasteiger partial charge is 0.255 e. The van der Waals surface area contributed by atoms with Crippen LogP contribution in [0.4, 0.5) is 17.1 Å². The maximum Gasteiger partial charge on any atom is 0.255 e. The molecule has 2 heterocycles. The Kier molecular flexibility index (Phi) is 5.97. The molecule has 7 nitrogen and oxygen atoms in total. The molecule has 2 fully saturated rings. The van der Waals surface area contributed by atoms with Crippen LogP contribution in [-0.2, 0) is 10.0 Å². The zero-order chi connectivity index (χ0) is 21.1. The number of carbonyl (C=O) groups is 1. The highest BCUT2D eigenvalue weighted by atomic mass is 32.2. The van der Waals surface area contributed by atoms with E-state index in [-0.39, 0.29) is 11.7 Å². The molecule has 0 radical (unpaired) electrons. The standard InChI is InChI=1S/C22H28N4O3S/c1-24-12-14-25(15-13-24)20-9-7-19(8-10-20)23-22(27)18-5-4-6-21(17-18)26-11-2-3-16-30(26,28)29/h4-10,17H,2-3,11-16H2,1H3,(H,23,27). The average Bonchev–Trinajstić information content (AvgIpc) is 2.75. The van der Waals surface area contributed by atoms with Gasteiger partial charge in [0.1, 0.15) is 0 Å². The maximum absolute atomic E-state index is 12.7. The molecule has 30 heavy (non-hydrogen) atoms. The number of rotatable bonds is 4. The molecule has 0 atom stereocenters. The van der Waals surface area contributed by atoms with Gasteiger partial charge in [0.05, 0.1) is 11.4 Å². The van der Waals surface area contributed by atoms with Crippen molar-refractivity contribution < 1.29 is 13.2 Å². The average molecular weight is 429 g/mol. The Morgan fingerprint density at radius 1 is 0.900 bits per heavy atom. The summed E-state index contributed by atoms with van der Waals surface area (Å²) < 4.78 is 26.1. The first-order chi connectivity index (χ1) is 14.4. The minimum Gasteiger partial charge on any atom is -0.369 e. The SMILES string of the molecule is CN1CCN(c2ccc(NC(=O)c3cccc(N4CCCCS4(=O)=O)c3)cc2)CC1. The number of likely N-dealkylation sites (N-methyl/N-ethyl adjacent to an activating group) is 1. The van der Waals surface area contributed by atoms with E-state index in [1.807, 2.05) is 24.3 Å². The zero-order valence-electron chi connectivity index (χ0n) is 17.3. The monoisotopic (exact) mass is 428 g/mol. The van der Waals surface area contributed by atoms with Crippen LogP contribution in [-0.4, -0.2) is 64.7 Å². The first-order valence-electron chi connectivity index (χ1n) is 10.4. The van der Waals surface area contributed by atoms with Crippen molar-refractivity contribution in [1.82, 2.24) is 4.90 Å². The van der Waals surface area contributed by atoms with Gasteiger partial charge in [-0.1, -0.05) is 6.07 Å². The number of nitrogens with one attached hydrogen (secondary N) is 1. The lowest BCUT2D eigenvalue weighted by atomic mass is 10.1. The number of nitrogens with zero attached hydrogens (tertiary/aromatic N) is 3. The van der Waals surface area contributed by atoms with E-state index < -0.39 is 10.0 Å². The first kappa shape index (κ1) is 20.7. The van der Waals surface area contributed by atoms with Crippen LogP contribution in [0.2, 0.25) is 0 Å². The topological polar surface area (TPSA) is 73.0 Å². The van der Waals surface area contributed by atoms with Gasteiger partial charge in [-0.2, -0.15) is 0 Å². The maximum atomic E-state index is 12.7. The molecule has 160 valence electrons. The molecule has 1 amide bonds. The summed E-state index contributed by atoms with van der Waals surface area (Å²) in [5, 5.41) is 2.91. The normalized spacial score (nSPS) is 19.5. The second-order valence-corrected chi connectivity index (χ2v) is 9.95. The van der Waals surface area contributed by atoms with Gasteiger partial charge in [0.2, 0.25) is 10.0 Å². The second kappa shape index (κ2) is 8.65. The quantitative estimate of drug-likeness (QED) is 0.811. The summed E-state index contributed by atoms with van der Waals surface area (Å²) in [6, 6.07) is 14.7. The Hall–Kier alpha value is -2.58. The fraction of sp³-hybridized carbons (Fsp3) is 0.409. The molecule has 2 aliphatic heterocycles. The van der Waals surface area contributed by atoms with Gasteiger partial charge in [0.15, 0.2) is 0 Å². The number of sulfonamides is 1. The highest BCUT2D eigenvalue weighted by molar-refractivity contribution is 7.92. The van der Waals surface area contributed by atoms with Gasteiger partial charge in [-0.15, -0.1) is 0 Å². The summed E-state index contributed by atoms with van der Waals surface area (Å²) in [5.41, 5.74) is 2.86. The van der Waals surface area contributed by atoms with Gasteiger partial charge in [-0.25, -0.2) is 8.42 Å². The first-order valence-corrected chi connectivity index (χ1v) is 12.0. The van der Waals surface area contributed by atoms with Crippen LogP contribution in [0.1, 0.15) is 23.2 Å². The molecule has 4 rings (SSSR count). The fourth-order valence-electron chi connectivity index (χ4n) is 3.90. The predicted octanol–water partition coefficient (Wildman–Crippen LogP) is 2.62. The molecular formula is C22H28N4O3S. The van der Waals surface area contributed by atoms with Crippen molar-refractivity contribution in [1.29, 1.82) is 0 Å². The Labute approximate surface area is 178 Å². The molecule has 2 saturated heterocycles. The van der Waals surface area contributed by atoms with Crippen molar-refractivity contribution in [3.8, 4) is 0 Å². The van der Waals surface area contributed by atoms with E-state index >= 15 is 0 Å². The lowest BCUT2D eigenvalue weighted by Crippen LogP contribution is -2.44. The van der Waals surface area contributed by atoms with Crippen molar-refractivity contribution in [3.63, 3.8) is 0 Å². The van der Waals surface area contributed by atoms with Gasteiger partial charge in [-0.05, 0) is 62.4 Å². The molecule has 0 unspecified atom stereocenters. The lowest BCUT2D eigenvalue weighted by molar-refractivity contribution is 0.102. The molecular weight excluding hydrogens is 400 g/mol. The number of anilines is 3.